The van der Waals surface area contributed by atoms with Crippen molar-refractivity contribution in [3.8, 4) is 5.75 Å². The number of aliphatic imine (C=N–C) groups is 1. The van der Waals surface area contributed by atoms with Gasteiger partial charge in [-0.25, -0.2) is 4.79 Å². The minimum absolute atomic E-state index is 0.0137. The summed E-state index contributed by atoms with van der Waals surface area (Å²) >= 11 is 3.76. The number of oxime groups is 1. The average molecular weight is 1390 g/mol. The third kappa shape index (κ3) is 28.8. The number of thioether (sulfide) groups is 3. The second-order valence-electron chi connectivity index (χ2n) is 22.7. The molecule has 4 bridgehead atoms. The molecule has 0 aliphatic carbocycles. The molecule has 0 saturated carbocycles. The van der Waals surface area contributed by atoms with E-state index in [9.17, 15) is 62.6 Å². The van der Waals surface area contributed by atoms with Gasteiger partial charge in [-0.2, -0.15) is 40.2 Å². The fourth-order valence-electron chi connectivity index (χ4n) is 9.89. The Labute approximate surface area is 563 Å². The molecule has 1 aromatic carbocycles. The van der Waals surface area contributed by atoms with Crippen molar-refractivity contribution in [1.29, 1.82) is 0 Å². The topological polar surface area (TPSA) is 493 Å². The van der Waals surface area contributed by atoms with Crippen molar-refractivity contribution in [2.75, 3.05) is 63.5 Å². The summed E-state index contributed by atoms with van der Waals surface area (Å²) < 4.78 is 6.25. The number of hydrogen-bond donors (Lipinski definition) is 13. The predicted octanol–water partition coefficient (Wildman–Crippen LogP) is -2.18. The number of carbonyl (C=O) groups is 13. The van der Waals surface area contributed by atoms with Gasteiger partial charge in [0.1, 0.15) is 72.9 Å². The van der Waals surface area contributed by atoms with Crippen LogP contribution in [0.3, 0.4) is 0 Å². The first-order valence-electron chi connectivity index (χ1n) is 31.2. The number of nitrogens with zero attached hydrogens (tertiary/aromatic N) is 3. The quantitative estimate of drug-likeness (QED) is 0.0275. The molecular weight excluding hydrogens is 1300 g/mol. The lowest BCUT2D eigenvalue weighted by molar-refractivity contribution is -0.255. The molecule has 0 aromatic heterocycles. The maximum atomic E-state index is 15.1. The highest BCUT2D eigenvalue weighted by atomic mass is 32.2. The highest BCUT2D eigenvalue weighted by molar-refractivity contribution is 7.99. The summed E-state index contributed by atoms with van der Waals surface area (Å²) in [6, 6.07) is -7.28. The molecule has 0 unspecified atom stereocenters. The van der Waals surface area contributed by atoms with Crippen LogP contribution in [-0.4, -0.2) is 217 Å². The van der Waals surface area contributed by atoms with Crippen LogP contribution in [0.4, 0.5) is 0 Å². The van der Waals surface area contributed by atoms with E-state index in [1.807, 2.05) is 6.07 Å². The van der Waals surface area contributed by atoms with E-state index < -0.39 is 163 Å². The van der Waals surface area contributed by atoms with Crippen LogP contribution in [0.1, 0.15) is 115 Å². The van der Waals surface area contributed by atoms with Crippen molar-refractivity contribution in [2.24, 2.45) is 33.3 Å². The number of ether oxygens (including phenoxy) is 1. The van der Waals surface area contributed by atoms with Gasteiger partial charge in [0.15, 0.2) is 5.96 Å². The first-order chi connectivity index (χ1) is 45.3. The standard InChI is InChI=1S/C59H91N15O18S3/c1-6-33(2)49-57(87)66-34(3)51(81)64-27-45(75)68-39(15-16-47(77)78)53(83)71-42(50(60)80)31-94-29-35-23-36-25-37(24-35)90-20-9-7-8-10-21-91-65-28-46(76)67-38(13-11-18-63-59(61)62)52(82)72-43(32-95-30-36)58(88)74-19-12-14-44(74)56(86)69-40(17-22-93-5)54(84)70-41(55(85)73-49)26-48(79)92-89-4/h23-25,28,33-34,38-44,49H,6-22,26-27,29-32H2,1-5H3,(H2,60,80)(H,64,81)(H,66,87)(H,67,76)(H,68,75)(H,69,86)(H,70,84)(H,71,83)(H,72,82)(H,73,85)(H,77,78)(H4,61,62,63)/b65-28+/t33-,34-,38-,39-,40-,41-,42-,43-,44-,49-/m0/s1. The number of primary amides is 1. The molecule has 3 heterocycles. The molecule has 3 aliphatic rings. The number of nitrogens with one attached hydrogen (secondary N) is 9. The molecule has 0 radical (unpaired) electrons. The molecule has 10 atom stereocenters. The fraction of sp³-hybridized carbons (Fsp3) is 0.644. The Hall–Kier alpha value is -8.12. The molecule has 11 amide bonds. The number of amides is 11. The number of nitrogens with two attached hydrogens (primary N) is 3. The van der Waals surface area contributed by atoms with E-state index in [1.54, 1.807) is 32.2 Å². The predicted molar refractivity (Wildman–Crippen MR) is 352 cm³/mol. The van der Waals surface area contributed by atoms with Crippen LogP contribution in [0.5, 0.6) is 5.75 Å². The van der Waals surface area contributed by atoms with Gasteiger partial charge in [-0.3, -0.25) is 67.4 Å². The number of hydrogen-bond acceptors (Lipinski definition) is 22. The molecule has 36 heteroatoms. The normalized spacial score (nSPS) is 25.2. The van der Waals surface area contributed by atoms with Crippen LogP contribution in [0.15, 0.2) is 28.3 Å². The zero-order chi connectivity index (χ0) is 70.0. The van der Waals surface area contributed by atoms with Crippen LogP contribution in [0, 0.1) is 5.92 Å². The van der Waals surface area contributed by atoms with E-state index in [4.69, 9.17) is 26.8 Å². The molecule has 16 N–H and O–H groups in total. The van der Waals surface area contributed by atoms with Crippen molar-refractivity contribution >= 4 is 124 Å². The van der Waals surface area contributed by atoms with Gasteiger partial charge in [0.05, 0.1) is 26.7 Å². The van der Waals surface area contributed by atoms with Crippen molar-refractivity contribution < 1.29 is 86.8 Å². The number of aliphatic carboxylic acids is 1. The molecule has 1 aromatic rings. The zero-order valence-electron chi connectivity index (χ0n) is 54.0. The molecule has 95 heavy (non-hydrogen) atoms. The second kappa shape index (κ2) is 42.3. The maximum Gasteiger partial charge on any atom is 0.344 e. The molecule has 528 valence electrons. The molecule has 33 nitrogen and oxygen atoms in total. The molecule has 1 fully saturated rings. The summed E-state index contributed by atoms with van der Waals surface area (Å²) in [6.45, 7) is 4.39. The average Bonchev–Trinajstić information content (AvgIpc) is 1.99. The number of rotatable bonds is 16. The Morgan fingerprint density at radius 1 is 0.758 bits per heavy atom. The summed E-state index contributed by atoms with van der Waals surface area (Å²) in [7, 11) is 1.03. The van der Waals surface area contributed by atoms with Gasteiger partial charge in [0, 0.05) is 42.5 Å². The molecule has 3 aliphatic heterocycles. The van der Waals surface area contributed by atoms with Gasteiger partial charge in [-0.05, 0) is 112 Å². The van der Waals surface area contributed by atoms with Crippen molar-refractivity contribution in [2.45, 2.75) is 170 Å². The highest BCUT2D eigenvalue weighted by Gasteiger charge is 2.41. The van der Waals surface area contributed by atoms with Crippen molar-refractivity contribution in [1.82, 2.24) is 52.8 Å². The third-order valence-electron chi connectivity index (χ3n) is 15.2. The summed E-state index contributed by atoms with van der Waals surface area (Å²) in [5.74, 6) is -12.0. The number of fused-ring (bicyclic) bond motifs is 6. The molecular formula is C59H91N15O18S3. The van der Waals surface area contributed by atoms with Crippen LogP contribution < -0.4 is 69.8 Å². The minimum Gasteiger partial charge on any atom is -0.494 e. The first-order valence-corrected chi connectivity index (χ1v) is 34.9. The van der Waals surface area contributed by atoms with Gasteiger partial charge in [0.25, 0.3) is 5.91 Å². The number of carbonyl (C=O) groups excluding carboxylic acids is 12. The Bertz CT molecular complexity index is 2890. The number of carboxylic acid groups (broad SMARTS) is 1. The van der Waals surface area contributed by atoms with Crippen molar-refractivity contribution in [3.63, 3.8) is 0 Å². The molecule has 4 rings (SSSR count). The van der Waals surface area contributed by atoms with E-state index in [0.717, 1.165) is 26.2 Å². The van der Waals surface area contributed by atoms with Gasteiger partial charge in [-0.1, -0.05) is 31.5 Å². The summed E-state index contributed by atoms with van der Waals surface area (Å²) in [6.07, 6.45) is 4.31. The van der Waals surface area contributed by atoms with E-state index in [1.165, 1.54) is 47.1 Å². The second-order valence-corrected chi connectivity index (χ2v) is 25.7. The number of guanidine groups is 1. The van der Waals surface area contributed by atoms with Crippen molar-refractivity contribution in [3.05, 3.63) is 29.3 Å². The Morgan fingerprint density at radius 2 is 1.40 bits per heavy atom. The highest BCUT2D eigenvalue weighted by Crippen LogP contribution is 2.27. The van der Waals surface area contributed by atoms with Crippen LogP contribution >= 0.6 is 35.3 Å². The minimum atomic E-state index is -1.78. The molecule has 1 saturated heterocycles. The molecule has 0 spiro atoms. The lowest BCUT2D eigenvalue weighted by Crippen LogP contribution is -2.61. The third-order valence-corrected chi connectivity index (χ3v) is 18.0. The van der Waals surface area contributed by atoms with E-state index in [2.05, 4.69) is 67.8 Å². The lowest BCUT2D eigenvalue weighted by atomic mass is 9.97. The summed E-state index contributed by atoms with van der Waals surface area (Å²) in [5, 5.41) is 36.2. The zero-order valence-corrected chi connectivity index (χ0v) is 56.5. The first kappa shape index (κ1) is 79.3. The van der Waals surface area contributed by atoms with E-state index in [-0.39, 0.29) is 86.5 Å². The lowest BCUT2D eigenvalue weighted by Gasteiger charge is -2.31. The SMILES string of the molecule is CC[C@H](C)[C@@H]1NC(=O)[C@H](CC(=O)OOC)NC(=O)[C@H](CCSC)NC(=O)[C@@H]2CCCN2C(=O)[C@@H]2CSCc3cc(cc(c3)OCCCCCCO/N=C/C(=O)N[C@@H](CCCN=C(N)N)C(=O)N2)CSC[C@@H](C(N)=O)NC(=O)[C@H](CCC(=O)O)NC(=O)CNC(=O)[C@H](C)NC1=O. The Kier molecular flexibility index (Phi) is 35.4. The fourth-order valence-corrected chi connectivity index (χ4v) is 12.3. The summed E-state index contributed by atoms with van der Waals surface area (Å²) in [5.41, 5.74) is 18.3. The van der Waals surface area contributed by atoms with E-state index in [0.29, 0.717) is 42.7 Å². The number of benzene rings is 1. The smallest absolute Gasteiger partial charge is 0.344 e. The van der Waals surface area contributed by atoms with E-state index >= 15 is 4.79 Å². The van der Waals surface area contributed by atoms with Gasteiger partial charge >= 0.3 is 11.9 Å². The Balaban J connectivity index is 1.84. The van der Waals surface area contributed by atoms with Crippen LogP contribution in [0.2, 0.25) is 0 Å². The van der Waals surface area contributed by atoms with Crippen LogP contribution in [0.25, 0.3) is 0 Å². The monoisotopic (exact) mass is 1390 g/mol. The largest absolute Gasteiger partial charge is 0.494 e. The Morgan fingerprint density at radius 3 is 2.06 bits per heavy atom. The number of carboxylic acids is 1. The maximum absolute atomic E-state index is 15.1. The van der Waals surface area contributed by atoms with Gasteiger partial charge < -0.3 is 84.6 Å². The van der Waals surface area contributed by atoms with Gasteiger partial charge in [-0.15, -0.1) is 0 Å². The van der Waals surface area contributed by atoms with Crippen LogP contribution in [-0.2, 0) is 88.4 Å². The van der Waals surface area contributed by atoms with Gasteiger partial charge in [0.2, 0.25) is 59.1 Å². The summed E-state index contributed by atoms with van der Waals surface area (Å²) in [4.78, 5) is 198.